The molecular weight excluding hydrogens is 198 g/mol. The van der Waals surface area contributed by atoms with Gasteiger partial charge in [-0.1, -0.05) is 17.7 Å². The highest BCUT2D eigenvalue weighted by molar-refractivity contribution is 6.32. The fourth-order valence-corrected chi connectivity index (χ4v) is 2.10. The Hall–Kier alpha value is -0.730. The molecule has 1 unspecified atom stereocenters. The summed E-state index contributed by atoms with van der Waals surface area (Å²) in [6, 6.07) is 6.01. The third-order valence-electron chi connectivity index (χ3n) is 2.66. The maximum atomic E-state index is 9.26. The first kappa shape index (κ1) is 9.81. The van der Waals surface area contributed by atoms with Gasteiger partial charge in [-0.25, -0.2) is 0 Å². The van der Waals surface area contributed by atoms with Crippen molar-refractivity contribution in [3.63, 3.8) is 0 Å². The molecule has 0 amide bonds. The Kier molecular flexibility index (Phi) is 2.94. The van der Waals surface area contributed by atoms with E-state index >= 15 is 0 Å². The molecule has 1 atom stereocenters. The van der Waals surface area contributed by atoms with E-state index in [0.717, 1.165) is 13.0 Å². The van der Waals surface area contributed by atoms with Gasteiger partial charge in [0.2, 0.25) is 0 Å². The van der Waals surface area contributed by atoms with E-state index in [4.69, 9.17) is 11.6 Å². The van der Waals surface area contributed by atoms with Crippen molar-refractivity contribution in [2.24, 2.45) is 0 Å². The second-order valence-corrected chi connectivity index (χ2v) is 4.19. The summed E-state index contributed by atoms with van der Waals surface area (Å²) in [7, 11) is 0. The van der Waals surface area contributed by atoms with E-state index in [1.807, 2.05) is 12.1 Å². The zero-order valence-corrected chi connectivity index (χ0v) is 8.72. The molecule has 1 saturated heterocycles. The number of aromatic hydroxyl groups is 1. The molecule has 0 bridgehead atoms. The third-order valence-corrected chi connectivity index (χ3v) is 2.96. The summed E-state index contributed by atoms with van der Waals surface area (Å²) in [6.45, 7) is 1.12. The molecule has 0 radical (unpaired) electrons. The number of rotatable bonds is 2. The number of hydrogen-bond donors (Lipinski definition) is 2. The number of hydrogen-bond acceptors (Lipinski definition) is 2. The van der Waals surface area contributed by atoms with Crippen molar-refractivity contribution in [3.8, 4) is 5.75 Å². The quantitative estimate of drug-likeness (QED) is 0.787. The van der Waals surface area contributed by atoms with Crippen LogP contribution in [0.5, 0.6) is 5.75 Å². The van der Waals surface area contributed by atoms with Crippen LogP contribution in [0.1, 0.15) is 18.4 Å². The second-order valence-electron chi connectivity index (χ2n) is 3.78. The first-order chi connectivity index (χ1) is 6.75. The standard InChI is InChI=1S/C11H14ClNO/c12-10-7-8(3-4-11(10)14)6-9-2-1-5-13-9/h3-4,7,9,13-14H,1-2,5-6H2. The topological polar surface area (TPSA) is 32.3 Å². The molecule has 3 heteroatoms. The Balaban J connectivity index is 2.05. The van der Waals surface area contributed by atoms with Crippen molar-refractivity contribution >= 4 is 11.6 Å². The highest BCUT2D eigenvalue weighted by Crippen LogP contribution is 2.24. The predicted molar refractivity (Wildman–Crippen MR) is 57.8 cm³/mol. The van der Waals surface area contributed by atoms with E-state index in [9.17, 15) is 5.11 Å². The maximum absolute atomic E-state index is 9.26. The van der Waals surface area contributed by atoms with Gasteiger partial charge in [-0.3, -0.25) is 0 Å². The molecule has 2 N–H and O–H groups in total. The van der Waals surface area contributed by atoms with Crippen LogP contribution in [0.25, 0.3) is 0 Å². The van der Waals surface area contributed by atoms with E-state index in [-0.39, 0.29) is 5.75 Å². The predicted octanol–water partition coefficient (Wildman–Crippen LogP) is 2.34. The normalized spacial score (nSPS) is 21.4. The molecule has 0 aliphatic carbocycles. The van der Waals surface area contributed by atoms with Crippen molar-refractivity contribution in [2.75, 3.05) is 6.54 Å². The van der Waals surface area contributed by atoms with Crippen LogP contribution >= 0.6 is 11.6 Å². The fourth-order valence-electron chi connectivity index (χ4n) is 1.89. The largest absolute Gasteiger partial charge is 0.506 e. The fraction of sp³-hybridized carbons (Fsp3) is 0.455. The monoisotopic (exact) mass is 211 g/mol. The first-order valence-electron chi connectivity index (χ1n) is 4.96. The summed E-state index contributed by atoms with van der Waals surface area (Å²) in [5.41, 5.74) is 1.19. The molecule has 2 nitrogen and oxygen atoms in total. The van der Waals surface area contributed by atoms with Crippen molar-refractivity contribution in [3.05, 3.63) is 28.8 Å². The van der Waals surface area contributed by atoms with Crippen LogP contribution in [0.3, 0.4) is 0 Å². The molecule has 0 aromatic heterocycles. The molecule has 1 aromatic carbocycles. The van der Waals surface area contributed by atoms with Crippen LogP contribution in [-0.4, -0.2) is 17.7 Å². The highest BCUT2D eigenvalue weighted by atomic mass is 35.5. The Labute approximate surface area is 88.9 Å². The average Bonchev–Trinajstić information content (AvgIpc) is 2.64. The van der Waals surface area contributed by atoms with Gasteiger partial charge in [0.05, 0.1) is 5.02 Å². The third kappa shape index (κ3) is 2.20. The lowest BCUT2D eigenvalue weighted by molar-refractivity contribution is 0.475. The van der Waals surface area contributed by atoms with E-state index in [0.29, 0.717) is 11.1 Å². The molecule has 0 saturated carbocycles. The number of phenolic OH excluding ortho intramolecular Hbond substituents is 1. The van der Waals surface area contributed by atoms with Gasteiger partial charge in [0, 0.05) is 6.04 Å². The minimum absolute atomic E-state index is 0.162. The van der Waals surface area contributed by atoms with Crippen LogP contribution in [0, 0.1) is 0 Å². The van der Waals surface area contributed by atoms with E-state index in [1.54, 1.807) is 6.07 Å². The van der Waals surface area contributed by atoms with Gasteiger partial charge in [-0.15, -0.1) is 0 Å². The first-order valence-corrected chi connectivity index (χ1v) is 5.34. The molecular formula is C11H14ClNO. The van der Waals surface area contributed by atoms with E-state index in [1.165, 1.54) is 18.4 Å². The number of nitrogens with one attached hydrogen (secondary N) is 1. The minimum Gasteiger partial charge on any atom is -0.506 e. The lowest BCUT2D eigenvalue weighted by Crippen LogP contribution is -2.23. The van der Waals surface area contributed by atoms with Gasteiger partial charge < -0.3 is 10.4 Å². The molecule has 1 aliphatic heterocycles. The number of benzene rings is 1. The van der Waals surface area contributed by atoms with Crippen molar-refractivity contribution in [2.45, 2.75) is 25.3 Å². The van der Waals surface area contributed by atoms with Gasteiger partial charge in [-0.2, -0.15) is 0 Å². The number of halogens is 1. The lowest BCUT2D eigenvalue weighted by atomic mass is 10.0. The molecule has 0 spiro atoms. The second kappa shape index (κ2) is 4.20. The Morgan fingerprint density at radius 3 is 3.00 bits per heavy atom. The van der Waals surface area contributed by atoms with E-state index in [2.05, 4.69) is 5.32 Å². The summed E-state index contributed by atoms with van der Waals surface area (Å²) in [5.74, 6) is 0.162. The van der Waals surface area contributed by atoms with Gasteiger partial charge in [0.25, 0.3) is 0 Å². The van der Waals surface area contributed by atoms with Gasteiger partial charge in [0.15, 0.2) is 0 Å². The summed E-state index contributed by atoms with van der Waals surface area (Å²) in [6.07, 6.45) is 3.50. The Morgan fingerprint density at radius 2 is 2.36 bits per heavy atom. The summed E-state index contributed by atoms with van der Waals surface area (Å²) >= 11 is 5.83. The molecule has 76 valence electrons. The van der Waals surface area contributed by atoms with Crippen LogP contribution in [0.15, 0.2) is 18.2 Å². The van der Waals surface area contributed by atoms with Crippen LogP contribution in [0.2, 0.25) is 5.02 Å². The molecule has 2 rings (SSSR count). The lowest BCUT2D eigenvalue weighted by Gasteiger charge is -2.10. The smallest absolute Gasteiger partial charge is 0.134 e. The van der Waals surface area contributed by atoms with E-state index < -0.39 is 0 Å². The Morgan fingerprint density at radius 1 is 1.50 bits per heavy atom. The minimum atomic E-state index is 0.162. The van der Waals surface area contributed by atoms with Crippen LogP contribution in [-0.2, 0) is 6.42 Å². The number of phenols is 1. The van der Waals surface area contributed by atoms with Gasteiger partial charge >= 0.3 is 0 Å². The highest BCUT2D eigenvalue weighted by Gasteiger charge is 2.14. The summed E-state index contributed by atoms with van der Waals surface area (Å²) in [5, 5.41) is 13.1. The Bertz CT molecular complexity index is 321. The van der Waals surface area contributed by atoms with Crippen molar-refractivity contribution < 1.29 is 5.11 Å². The van der Waals surface area contributed by atoms with Crippen LogP contribution < -0.4 is 5.32 Å². The summed E-state index contributed by atoms with van der Waals surface area (Å²) < 4.78 is 0. The van der Waals surface area contributed by atoms with Gasteiger partial charge in [-0.05, 0) is 43.5 Å². The zero-order valence-electron chi connectivity index (χ0n) is 7.96. The van der Waals surface area contributed by atoms with Crippen molar-refractivity contribution in [1.29, 1.82) is 0 Å². The molecule has 1 heterocycles. The average molecular weight is 212 g/mol. The van der Waals surface area contributed by atoms with Crippen molar-refractivity contribution in [1.82, 2.24) is 5.32 Å². The summed E-state index contributed by atoms with van der Waals surface area (Å²) in [4.78, 5) is 0. The van der Waals surface area contributed by atoms with Gasteiger partial charge in [0.1, 0.15) is 5.75 Å². The molecule has 1 aromatic rings. The molecule has 14 heavy (non-hydrogen) atoms. The molecule has 1 fully saturated rings. The zero-order chi connectivity index (χ0) is 9.97. The molecule has 1 aliphatic rings. The SMILES string of the molecule is Oc1ccc(CC2CCCN2)cc1Cl. The maximum Gasteiger partial charge on any atom is 0.134 e. The van der Waals surface area contributed by atoms with Crippen LogP contribution in [0.4, 0.5) is 0 Å².